The number of oxime groups is 2. The minimum Gasteiger partial charge on any atom is -0.479 e. The van der Waals surface area contributed by atoms with E-state index in [4.69, 9.17) is 50.1 Å². The van der Waals surface area contributed by atoms with Crippen LogP contribution in [0.25, 0.3) is 11.1 Å². The number of rotatable bonds is 17. The van der Waals surface area contributed by atoms with Crippen molar-refractivity contribution in [3.05, 3.63) is 209 Å². The van der Waals surface area contributed by atoms with Gasteiger partial charge >= 0.3 is 17.9 Å². The Hall–Kier alpha value is -9.98. The molecule has 8 aromatic rings. The molecule has 0 fully saturated rings. The fourth-order valence-electron chi connectivity index (χ4n) is 10.7. The molecule has 3 aliphatic rings. The van der Waals surface area contributed by atoms with Gasteiger partial charge in [-0.25, -0.2) is 36.7 Å². The summed E-state index contributed by atoms with van der Waals surface area (Å²) in [5, 5.41) is 19.5. The zero-order valence-corrected chi connectivity index (χ0v) is 57.3. The molecule has 512 valence electrons. The van der Waals surface area contributed by atoms with E-state index in [0.29, 0.717) is 97.9 Å². The van der Waals surface area contributed by atoms with Gasteiger partial charge in [0.05, 0.1) is 60.4 Å². The summed E-state index contributed by atoms with van der Waals surface area (Å²) in [6, 6.07) is 33.8. The molecule has 3 aromatic heterocycles. The molecule has 0 saturated carbocycles. The Kier molecular flexibility index (Phi) is 23.8. The molecule has 0 spiro atoms. The molecule has 5 aromatic carbocycles. The monoisotopic (exact) mass is 1370 g/mol. The number of aromatic nitrogens is 5. The van der Waals surface area contributed by atoms with Gasteiger partial charge in [0.2, 0.25) is 5.88 Å². The molecule has 0 aliphatic carbocycles. The summed E-state index contributed by atoms with van der Waals surface area (Å²) in [6.45, 7) is 19.1. The average Bonchev–Trinajstić information content (AvgIpc) is 1.67. The maximum absolute atomic E-state index is 13.5. The number of carbonyl (C=O) groups is 4. The Bertz CT molecular complexity index is 4430. The summed E-state index contributed by atoms with van der Waals surface area (Å²) in [4.78, 5) is 88.3. The Morgan fingerprint density at radius 1 is 0.794 bits per heavy atom. The Morgan fingerprint density at radius 2 is 1.40 bits per heavy atom. The molecule has 0 bridgehead atoms. The van der Waals surface area contributed by atoms with Crippen molar-refractivity contribution in [2.45, 2.75) is 118 Å². The summed E-state index contributed by atoms with van der Waals surface area (Å²) in [5.74, 6) is -2.16. The van der Waals surface area contributed by atoms with E-state index in [2.05, 4.69) is 53.3 Å². The van der Waals surface area contributed by atoms with Crippen molar-refractivity contribution in [1.29, 1.82) is 0 Å². The molecule has 0 radical (unpaired) electrons. The molecule has 11 rings (SSSR count). The van der Waals surface area contributed by atoms with E-state index < -0.39 is 56.1 Å². The molecule has 0 saturated heterocycles. The van der Waals surface area contributed by atoms with Crippen LogP contribution in [0.2, 0.25) is 5.02 Å². The summed E-state index contributed by atoms with van der Waals surface area (Å²) >= 11 is 5.59. The second kappa shape index (κ2) is 31.7. The molecular weight excluding hydrogens is 1290 g/mol. The molecule has 6 heterocycles. The molecule has 26 heteroatoms. The third-order valence-electron chi connectivity index (χ3n) is 15.7. The lowest BCUT2D eigenvalue weighted by Crippen LogP contribution is -2.29. The number of nitrogens with zero attached hydrogens (tertiary/aromatic N) is 6. The zero-order chi connectivity index (χ0) is 70.5. The fourth-order valence-corrected chi connectivity index (χ4v) is 11.8. The first-order valence-corrected chi connectivity index (χ1v) is 33.5. The number of ether oxygens (including phenoxy) is 5. The zero-order valence-electron chi connectivity index (χ0n) is 55.7. The number of aromatic amines is 1. The summed E-state index contributed by atoms with van der Waals surface area (Å²) in [5.41, 5.74) is 6.57. The maximum atomic E-state index is 13.5. The SMILES string of the molecule is CCOC(=O)C1=NOC(c2ccccc2)(c2ccccc2)C1.CCc1cc(C)cc(CC)c1-c1c(OC(=O)C(C)(C)C)n2n(c1=O)CCOCC2.C[C@@H](Oc1ccc(Oc2ncc(Cl)cc2F)cc1)C(=O)O.Cc1c(C(=O)c2c[nH]n(C)c2=O)ccc(S(C)(=O)=O)c1C1=NOCC1. The summed E-state index contributed by atoms with van der Waals surface area (Å²) in [6.07, 6.45) is 5.15. The predicted molar refractivity (Wildman–Crippen MR) is 361 cm³/mol. The second-order valence-corrected chi connectivity index (χ2v) is 26.2. The number of nitrogens with one attached hydrogen (secondary N) is 1. The van der Waals surface area contributed by atoms with Gasteiger partial charge < -0.3 is 43.6 Å². The highest BCUT2D eigenvalue weighted by atomic mass is 35.5. The lowest BCUT2D eigenvalue weighted by molar-refractivity contribution is -0.144. The minimum absolute atomic E-state index is 0.00623. The third kappa shape index (κ3) is 17.2. The third-order valence-corrected chi connectivity index (χ3v) is 17.0. The van der Waals surface area contributed by atoms with Crippen LogP contribution in [0.1, 0.15) is 116 Å². The van der Waals surface area contributed by atoms with Crippen molar-refractivity contribution in [2.75, 3.05) is 32.7 Å². The van der Waals surface area contributed by atoms with E-state index in [0.717, 1.165) is 53.0 Å². The van der Waals surface area contributed by atoms with Crippen LogP contribution in [0.3, 0.4) is 0 Å². The number of ketones is 1. The number of carboxylic acids is 1. The largest absolute Gasteiger partial charge is 0.479 e. The number of H-pyrrole nitrogens is 1. The molecular formula is C71H77ClFN7O16S. The first kappa shape index (κ1) is 72.8. The van der Waals surface area contributed by atoms with Crippen LogP contribution in [-0.2, 0) is 81.9 Å². The van der Waals surface area contributed by atoms with Crippen LogP contribution in [0.4, 0.5) is 4.39 Å². The van der Waals surface area contributed by atoms with Gasteiger partial charge in [-0.15, -0.1) is 0 Å². The highest BCUT2D eigenvalue weighted by Crippen LogP contribution is 2.42. The number of benzene rings is 5. The van der Waals surface area contributed by atoms with Crippen molar-refractivity contribution in [2.24, 2.45) is 22.8 Å². The molecule has 2 N–H and O–H groups in total. The van der Waals surface area contributed by atoms with Crippen LogP contribution >= 0.6 is 11.6 Å². The normalized spacial score (nSPS) is 14.1. The van der Waals surface area contributed by atoms with E-state index in [9.17, 15) is 41.6 Å². The molecule has 23 nitrogen and oxygen atoms in total. The minimum atomic E-state index is -3.52. The van der Waals surface area contributed by atoms with Gasteiger partial charge in [-0.3, -0.25) is 23.9 Å². The van der Waals surface area contributed by atoms with Crippen LogP contribution in [-0.4, -0.2) is 112 Å². The molecule has 1 atom stereocenters. The van der Waals surface area contributed by atoms with Gasteiger partial charge in [-0.1, -0.05) is 114 Å². The number of fused-ring (bicyclic) bond motifs is 1. The number of carboxylic acid groups (broad SMARTS) is 1. The number of hydrogen-bond donors (Lipinski definition) is 2. The van der Waals surface area contributed by atoms with E-state index >= 15 is 0 Å². The molecule has 3 aliphatic heterocycles. The van der Waals surface area contributed by atoms with E-state index in [1.54, 1.807) is 23.2 Å². The number of hydrogen-bond acceptors (Lipinski definition) is 18. The maximum Gasteiger partial charge on any atom is 0.356 e. The summed E-state index contributed by atoms with van der Waals surface area (Å²) in [7, 11) is -2.02. The first-order chi connectivity index (χ1) is 46.1. The number of sulfone groups is 1. The van der Waals surface area contributed by atoms with Crippen LogP contribution in [0.5, 0.6) is 23.3 Å². The Balaban J connectivity index is 0.000000166. The van der Waals surface area contributed by atoms with Crippen molar-refractivity contribution in [1.82, 2.24) is 24.1 Å². The number of aryl methyl sites for hydroxylation is 4. The lowest BCUT2D eigenvalue weighted by atomic mass is 9.82. The fraction of sp³-hybridized carbons (Fsp3) is 0.338. The number of pyridine rings is 1. The van der Waals surface area contributed by atoms with Gasteiger partial charge in [0, 0.05) is 54.4 Å². The van der Waals surface area contributed by atoms with E-state index in [1.807, 2.05) is 81.4 Å². The van der Waals surface area contributed by atoms with Gasteiger partial charge in [-0.05, 0) is 126 Å². The van der Waals surface area contributed by atoms with Crippen molar-refractivity contribution >= 4 is 56.6 Å². The van der Waals surface area contributed by atoms with Crippen LogP contribution < -0.4 is 25.3 Å². The lowest BCUT2D eigenvalue weighted by Gasteiger charge is -2.27. The smallest absolute Gasteiger partial charge is 0.356 e. The highest BCUT2D eigenvalue weighted by Gasteiger charge is 2.45. The van der Waals surface area contributed by atoms with Gasteiger partial charge in [0.15, 0.2) is 38.9 Å². The standard InChI is InChI=1S/C23H32N2O4.C18H17NO3.C16H17N3O5S.C14H11ClFNO4/c1-7-16-13-15(3)14-17(8-2)18(16)19-20(26)24-9-11-28-12-10-25(24)21(19)29-22(27)23(4,5)6;1-2-21-17(20)16-13-18(22-19-16,14-9-5-3-6-10-14)15-11-7-4-8-12-15;1-9-10(15(20)11-8-17-19(2)16(11)21)4-5-13(25(3,22)23)14(9)12-6-7-24-18-12;1-8(14(18)19)20-10-2-4-11(5-3-10)21-13-12(16)6-9(15)7-17-13/h13-14H,7-12H2,1-6H3;3-12H,2,13H2,1H3;4-5,8,17H,6-7H2,1-3H3;2-8H,1H3,(H,18,19)/t;;;8-/m...1/s1. The van der Waals surface area contributed by atoms with Gasteiger partial charge in [0.1, 0.15) is 29.2 Å². The number of aliphatic carboxylic acids is 1. The highest BCUT2D eigenvalue weighted by molar-refractivity contribution is 7.90. The quantitative estimate of drug-likeness (QED) is 0.0632. The van der Waals surface area contributed by atoms with Gasteiger partial charge in [-0.2, -0.15) is 0 Å². The molecule has 97 heavy (non-hydrogen) atoms. The Morgan fingerprint density at radius 3 is 1.93 bits per heavy atom. The number of esters is 2. The van der Waals surface area contributed by atoms with E-state index in [1.165, 1.54) is 73.0 Å². The number of carbonyl (C=O) groups excluding carboxylic acids is 3. The van der Waals surface area contributed by atoms with E-state index in [-0.39, 0.29) is 38.5 Å². The van der Waals surface area contributed by atoms with Crippen molar-refractivity contribution in [3.8, 4) is 34.4 Å². The van der Waals surface area contributed by atoms with Crippen LogP contribution in [0.15, 0.2) is 152 Å². The van der Waals surface area contributed by atoms with Crippen molar-refractivity contribution < 1.29 is 70.5 Å². The molecule has 0 amide bonds. The number of halogens is 2. The topological polar surface area (TPSA) is 290 Å². The Labute approximate surface area is 565 Å². The van der Waals surface area contributed by atoms with Crippen LogP contribution in [0, 0.1) is 25.1 Å². The molecule has 0 unspecified atom stereocenters. The first-order valence-electron chi connectivity index (χ1n) is 31.2. The predicted octanol–water partition coefficient (Wildman–Crippen LogP) is 11.3. The second-order valence-electron chi connectivity index (χ2n) is 23.7. The average molecular weight is 1370 g/mol. The van der Waals surface area contributed by atoms with Crippen molar-refractivity contribution in [3.63, 3.8) is 0 Å². The van der Waals surface area contributed by atoms with Gasteiger partial charge in [0.25, 0.3) is 17.0 Å². The summed E-state index contributed by atoms with van der Waals surface area (Å²) < 4.78 is 69.3.